The van der Waals surface area contributed by atoms with Gasteiger partial charge in [-0.3, -0.25) is 9.69 Å². The van der Waals surface area contributed by atoms with E-state index in [9.17, 15) is 13.2 Å². The minimum Gasteiger partial charge on any atom is -0.369 e. The van der Waals surface area contributed by atoms with Crippen molar-refractivity contribution >= 4 is 21.6 Å². The zero-order valence-corrected chi connectivity index (χ0v) is 20.2. The van der Waals surface area contributed by atoms with E-state index in [-0.39, 0.29) is 10.8 Å². The maximum Gasteiger partial charge on any atom is 0.251 e. The molecule has 0 saturated carbocycles. The summed E-state index contributed by atoms with van der Waals surface area (Å²) in [6.45, 7) is 12.7. The molecule has 2 N–H and O–H groups in total. The third kappa shape index (κ3) is 6.79. The molecule has 1 saturated heterocycles. The summed E-state index contributed by atoms with van der Waals surface area (Å²) < 4.78 is 27.4. The second-order valence-corrected chi connectivity index (χ2v) is 11.0. The molecule has 1 aliphatic heterocycles. The van der Waals surface area contributed by atoms with Crippen LogP contribution in [-0.4, -0.2) is 64.0 Å². The number of amides is 1. The molecular weight excluding hydrogens is 424 g/mol. The number of anilines is 1. The Hall–Kier alpha value is -2.42. The van der Waals surface area contributed by atoms with Crippen LogP contribution >= 0.6 is 0 Å². The maximum atomic E-state index is 12.4. The number of piperazine rings is 1. The minimum absolute atomic E-state index is 0.149. The highest BCUT2D eigenvalue weighted by Crippen LogP contribution is 2.18. The van der Waals surface area contributed by atoms with Crippen molar-refractivity contribution in [2.75, 3.05) is 44.2 Å². The molecule has 0 spiro atoms. The van der Waals surface area contributed by atoms with Gasteiger partial charge in [0.15, 0.2) is 0 Å². The van der Waals surface area contributed by atoms with Crippen LogP contribution in [0.5, 0.6) is 0 Å². The van der Waals surface area contributed by atoms with Crippen molar-refractivity contribution in [1.29, 1.82) is 0 Å². The standard InChI is InChI=1S/C24H34N4O3S/c1-19-6-5-7-21(18-19)28-16-14-27(15-17-28)13-12-25-23(29)20-8-10-22(11-9-20)32(30,31)26-24(2,3)4/h5-11,18,26H,12-17H2,1-4H3,(H,25,29). The van der Waals surface area contributed by atoms with Crippen LogP contribution in [0.1, 0.15) is 36.7 Å². The lowest BCUT2D eigenvalue weighted by Crippen LogP contribution is -2.48. The van der Waals surface area contributed by atoms with Gasteiger partial charge in [-0.25, -0.2) is 13.1 Å². The van der Waals surface area contributed by atoms with E-state index in [0.29, 0.717) is 12.1 Å². The lowest BCUT2D eigenvalue weighted by molar-refractivity contribution is 0.0947. The topological polar surface area (TPSA) is 81.8 Å². The van der Waals surface area contributed by atoms with Gasteiger partial charge in [0, 0.05) is 56.1 Å². The van der Waals surface area contributed by atoms with E-state index in [4.69, 9.17) is 0 Å². The highest BCUT2D eigenvalue weighted by molar-refractivity contribution is 7.89. The van der Waals surface area contributed by atoms with Gasteiger partial charge >= 0.3 is 0 Å². The number of nitrogens with zero attached hydrogens (tertiary/aromatic N) is 2. The molecule has 2 aromatic rings. The fourth-order valence-corrected chi connectivity index (χ4v) is 5.15. The average Bonchev–Trinajstić information content (AvgIpc) is 2.72. The fourth-order valence-electron chi connectivity index (χ4n) is 3.73. The van der Waals surface area contributed by atoms with E-state index in [2.05, 4.69) is 51.0 Å². The predicted molar refractivity (Wildman–Crippen MR) is 129 cm³/mol. The van der Waals surface area contributed by atoms with Crippen molar-refractivity contribution in [3.05, 3.63) is 59.7 Å². The van der Waals surface area contributed by atoms with E-state index in [1.54, 1.807) is 32.9 Å². The number of hydrogen-bond donors (Lipinski definition) is 2. The van der Waals surface area contributed by atoms with Crippen LogP contribution in [0, 0.1) is 6.92 Å². The van der Waals surface area contributed by atoms with Gasteiger partial charge in [0.25, 0.3) is 5.91 Å². The smallest absolute Gasteiger partial charge is 0.251 e. The Morgan fingerprint density at radius 1 is 1.00 bits per heavy atom. The van der Waals surface area contributed by atoms with Crippen LogP contribution in [0.2, 0.25) is 0 Å². The van der Waals surface area contributed by atoms with E-state index >= 15 is 0 Å². The predicted octanol–water partition coefficient (Wildman–Crippen LogP) is 2.62. The quantitative estimate of drug-likeness (QED) is 0.667. The molecule has 1 amide bonds. The van der Waals surface area contributed by atoms with Crippen molar-refractivity contribution in [3.8, 4) is 0 Å². The molecule has 0 atom stereocenters. The number of nitrogens with one attached hydrogen (secondary N) is 2. The summed E-state index contributed by atoms with van der Waals surface area (Å²) in [5, 5.41) is 2.93. The van der Waals surface area contributed by atoms with Crippen LogP contribution in [0.15, 0.2) is 53.4 Å². The summed E-state index contributed by atoms with van der Waals surface area (Å²) in [5.74, 6) is -0.198. The van der Waals surface area contributed by atoms with Gasteiger partial charge in [-0.1, -0.05) is 12.1 Å². The fraction of sp³-hybridized carbons (Fsp3) is 0.458. The molecule has 2 aromatic carbocycles. The van der Waals surface area contributed by atoms with Gasteiger partial charge in [0.2, 0.25) is 10.0 Å². The van der Waals surface area contributed by atoms with E-state index < -0.39 is 15.6 Å². The van der Waals surface area contributed by atoms with Crippen molar-refractivity contribution < 1.29 is 13.2 Å². The summed E-state index contributed by atoms with van der Waals surface area (Å²) in [5.41, 5.74) is 2.41. The summed E-state index contributed by atoms with van der Waals surface area (Å²) in [6, 6.07) is 14.6. The number of carbonyl (C=O) groups is 1. The molecular formula is C24H34N4O3S. The summed E-state index contributed by atoms with van der Waals surface area (Å²) in [6.07, 6.45) is 0. The summed E-state index contributed by atoms with van der Waals surface area (Å²) in [7, 11) is -3.61. The first-order valence-electron chi connectivity index (χ1n) is 11.0. The molecule has 0 radical (unpaired) electrons. The Morgan fingerprint density at radius 2 is 1.66 bits per heavy atom. The van der Waals surface area contributed by atoms with Gasteiger partial charge in [-0.15, -0.1) is 0 Å². The number of aryl methyl sites for hydroxylation is 1. The van der Waals surface area contributed by atoms with Crippen LogP contribution in [0.4, 0.5) is 5.69 Å². The Kier molecular flexibility index (Phi) is 7.59. The minimum atomic E-state index is -3.61. The number of hydrogen-bond acceptors (Lipinski definition) is 5. The maximum absolute atomic E-state index is 12.4. The van der Waals surface area contributed by atoms with Crippen LogP contribution in [0.25, 0.3) is 0 Å². The highest BCUT2D eigenvalue weighted by atomic mass is 32.2. The normalized spacial score (nSPS) is 15.6. The first-order chi connectivity index (χ1) is 15.0. The number of carbonyl (C=O) groups excluding carboxylic acids is 1. The Labute approximate surface area is 191 Å². The van der Waals surface area contributed by atoms with Crippen LogP contribution in [-0.2, 0) is 10.0 Å². The lowest BCUT2D eigenvalue weighted by Gasteiger charge is -2.36. The first-order valence-corrected chi connectivity index (χ1v) is 12.5. The third-order valence-corrected chi connectivity index (χ3v) is 7.09. The SMILES string of the molecule is Cc1cccc(N2CCN(CCNC(=O)c3ccc(S(=O)(=O)NC(C)(C)C)cc3)CC2)c1. The van der Waals surface area contributed by atoms with Crippen molar-refractivity contribution in [3.63, 3.8) is 0 Å². The Balaban J connectivity index is 1.44. The van der Waals surface area contributed by atoms with Gasteiger partial charge in [-0.05, 0) is 69.7 Å². The molecule has 0 bridgehead atoms. The molecule has 3 rings (SSSR count). The van der Waals surface area contributed by atoms with Crippen LogP contribution in [0.3, 0.4) is 0 Å². The number of benzene rings is 2. The third-order valence-electron chi connectivity index (χ3n) is 5.32. The number of sulfonamides is 1. The molecule has 7 nitrogen and oxygen atoms in total. The summed E-state index contributed by atoms with van der Waals surface area (Å²) in [4.78, 5) is 17.3. The zero-order valence-electron chi connectivity index (χ0n) is 19.4. The average molecular weight is 459 g/mol. The zero-order chi connectivity index (χ0) is 23.4. The molecule has 174 valence electrons. The Morgan fingerprint density at radius 3 is 2.25 bits per heavy atom. The van der Waals surface area contributed by atoms with Crippen molar-refractivity contribution in [1.82, 2.24) is 14.9 Å². The van der Waals surface area contributed by atoms with Crippen molar-refractivity contribution in [2.24, 2.45) is 0 Å². The highest BCUT2D eigenvalue weighted by Gasteiger charge is 2.22. The van der Waals surface area contributed by atoms with Gasteiger partial charge < -0.3 is 10.2 Å². The van der Waals surface area contributed by atoms with E-state index in [1.807, 2.05) is 0 Å². The van der Waals surface area contributed by atoms with E-state index in [0.717, 1.165) is 32.7 Å². The molecule has 8 heteroatoms. The largest absolute Gasteiger partial charge is 0.369 e. The van der Waals surface area contributed by atoms with Gasteiger partial charge in [0.05, 0.1) is 4.90 Å². The summed E-state index contributed by atoms with van der Waals surface area (Å²) >= 11 is 0. The lowest BCUT2D eigenvalue weighted by atomic mass is 10.1. The molecule has 1 fully saturated rings. The second-order valence-electron chi connectivity index (χ2n) is 9.30. The molecule has 1 aliphatic rings. The molecule has 1 heterocycles. The number of rotatable bonds is 7. The molecule has 0 unspecified atom stereocenters. The molecule has 32 heavy (non-hydrogen) atoms. The van der Waals surface area contributed by atoms with Gasteiger partial charge in [0.1, 0.15) is 0 Å². The first kappa shape index (κ1) is 24.2. The monoisotopic (exact) mass is 458 g/mol. The Bertz CT molecular complexity index is 1020. The van der Waals surface area contributed by atoms with Crippen LogP contribution < -0.4 is 14.9 Å². The van der Waals surface area contributed by atoms with Crippen molar-refractivity contribution in [2.45, 2.75) is 38.1 Å². The molecule has 0 aromatic heterocycles. The van der Waals surface area contributed by atoms with E-state index in [1.165, 1.54) is 23.4 Å². The van der Waals surface area contributed by atoms with Gasteiger partial charge in [-0.2, -0.15) is 0 Å². The second kappa shape index (κ2) is 10.0. The molecule has 0 aliphatic carbocycles.